The molecule has 0 bridgehead atoms. The number of carbonyl (C=O) groups is 1. The molecular formula is C14H12NO3S. The number of hydrogen-bond acceptors (Lipinski definition) is 3. The van der Waals surface area contributed by atoms with E-state index in [9.17, 15) is 13.2 Å². The number of amides is 1. The van der Waals surface area contributed by atoms with Gasteiger partial charge in [0.05, 0.1) is 4.90 Å². The van der Waals surface area contributed by atoms with Crippen LogP contribution in [0.3, 0.4) is 0 Å². The SMILES string of the molecule is CS(=O)(=O)c1ccccc1-c1cc[c]cc1C(N)=O. The molecule has 2 N–H and O–H groups in total. The summed E-state index contributed by atoms with van der Waals surface area (Å²) in [5, 5.41) is 0. The molecular weight excluding hydrogens is 262 g/mol. The lowest BCUT2D eigenvalue weighted by atomic mass is 9.99. The first-order valence-electron chi connectivity index (χ1n) is 5.50. The van der Waals surface area contributed by atoms with E-state index in [-0.39, 0.29) is 10.5 Å². The molecule has 5 heteroatoms. The summed E-state index contributed by atoms with van der Waals surface area (Å²) in [7, 11) is -3.39. The monoisotopic (exact) mass is 274 g/mol. The smallest absolute Gasteiger partial charge is 0.249 e. The quantitative estimate of drug-likeness (QED) is 0.924. The molecule has 2 rings (SSSR count). The largest absolute Gasteiger partial charge is 0.366 e. The summed E-state index contributed by atoms with van der Waals surface area (Å²) >= 11 is 0. The minimum absolute atomic E-state index is 0.170. The molecule has 0 saturated carbocycles. The maximum Gasteiger partial charge on any atom is 0.249 e. The highest BCUT2D eigenvalue weighted by Gasteiger charge is 2.17. The first-order chi connectivity index (χ1) is 8.91. The van der Waals surface area contributed by atoms with Gasteiger partial charge in [-0.3, -0.25) is 4.79 Å². The van der Waals surface area contributed by atoms with Crippen molar-refractivity contribution in [1.29, 1.82) is 0 Å². The average molecular weight is 274 g/mol. The average Bonchev–Trinajstić information content (AvgIpc) is 2.37. The molecule has 0 heterocycles. The highest BCUT2D eigenvalue weighted by atomic mass is 32.2. The minimum Gasteiger partial charge on any atom is -0.366 e. The van der Waals surface area contributed by atoms with Crippen molar-refractivity contribution in [2.45, 2.75) is 4.90 Å². The van der Waals surface area contributed by atoms with Crippen LogP contribution in [-0.2, 0) is 9.84 Å². The Hall–Kier alpha value is -2.14. The van der Waals surface area contributed by atoms with Crippen LogP contribution in [0, 0.1) is 6.07 Å². The zero-order chi connectivity index (χ0) is 14.0. The van der Waals surface area contributed by atoms with E-state index in [0.717, 1.165) is 6.26 Å². The fraction of sp³-hybridized carbons (Fsp3) is 0.0714. The van der Waals surface area contributed by atoms with Gasteiger partial charge >= 0.3 is 0 Å². The van der Waals surface area contributed by atoms with Crippen LogP contribution in [0.1, 0.15) is 10.4 Å². The molecule has 0 spiro atoms. The molecule has 0 aliphatic rings. The summed E-state index contributed by atoms with van der Waals surface area (Å²) < 4.78 is 23.6. The van der Waals surface area contributed by atoms with E-state index in [0.29, 0.717) is 11.1 Å². The van der Waals surface area contributed by atoms with E-state index in [4.69, 9.17) is 5.73 Å². The number of hydrogen-bond donors (Lipinski definition) is 1. The number of carbonyl (C=O) groups excluding carboxylic acids is 1. The highest BCUT2D eigenvalue weighted by molar-refractivity contribution is 7.90. The second-order valence-electron chi connectivity index (χ2n) is 4.10. The van der Waals surface area contributed by atoms with Crippen LogP contribution in [0.25, 0.3) is 11.1 Å². The van der Waals surface area contributed by atoms with E-state index >= 15 is 0 Å². The first-order valence-corrected chi connectivity index (χ1v) is 7.40. The van der Waals surface area contributed by atoms with Gasteiger partial charge in [-0.25, -0.2) is 8.42 Å². The van der Waals surface area contributed by atoms with E-state index in [1.54, 1.807) is 30.3 Å². The van der Waals surface area contributed by atoms with Gasteiger partial charge in [-0.1, -0.05) is 30.3 Å². The van der Waals surface area contributed by atoms with Gasteiger partial charge < -0.3 is 5.73 Å². The topological polar surface area (TPSA) is 77.2 Å². The standard InChI is InChI=1S/C14H12NO3S/c1-19(17,18)13-9-5-4-7-11(13)10-6-2-3-8-12(10)14(15)16/h2,4-9H,1H3,(H2,15,16). The summed E-state index contributed by atoms with van der Waals surface area (Å²) in [5.74, 6) is -0.616. The van der Waals surface area contributed by atoms with E-state index in [2.05, 4.69) is 6.07 Å². The van der Waals surface area contributed by atoms with Crippen molar-refractivity contribution in [3.8, 4) is 11.1 Å². The molecule has 4 nitrogen and oxygen atoms in total. The highest BCUT2D eigenvalue weighted by Crippen LogP contribution is 2.29. The van der Waals surface area contributed by atoms with Crippen LogP contribution >= 0.6 is 0 Å². The Bertz CT molecular complexity index is 736. The molecule has 2 aromatic rings. The van der Waals surface area contributed by atoms with Crippen molar-refractivity contribution in [2.24, 2.45) is 5.73 Å². The third kappa shape index (κ3) is 2.66. The molecule has 0 aliphatic carbocycles. The van der Waals surface area contributed by atoms with Crippen LogP contribution in [0.4, 0.5) is 0 Å². The summed E-state index contributed by atoms with van der Waals surface area (Å²) in [6.45, 7) is 0. The third-order valence-electron chi connectivity index (χ3n) is 2.71. The molecule has 2 aromatic carbocycles. The van der Waals surface area contributed by atoms with E-state index in [1.807, 2.05) is 0 Å². The van der Waals surface area contributed by atoms with Crippen LogP contribution < -0.4 is 5.73 Å². The number of primary amides is 1. The second-order valence-corrected chi connectivity index (χ2v) is 6.09. The molecule has 1 radical (unpaired) electrons. The van der Waals surface area contributed by atoms with Gasteiger partial charge in [-0.05, 0) is 23.8 Å². The Labute approximate surface area is 111 Å². The van der Waals surface area contributed by atoms with Crippen molar-refractivity contribution in [3.63, 3.8) is 0 Å². The second kappa shape index (κ2) is 4.85. The Morgan fingerprint density at radius 2 is 1.84 bits per heavy atom. The normalized spacial score (nSPS) is 11.2. The number of sulfone groups is 1. The third-order valence-corrected chi connectivity index (χ3v) is 3.86. The first kappa shape index (κ1) is 13.3. The molecule has 0 atom stereocenters. The molecule has 0 aliphatic heterocycles. The number of nitrogens with two attached hydrogens (primary N) is 1. The van der Waals surface area contributed by atoms with Crippen molar-refractivity contribution >= 4 is 15.7 Å². The summed E-state index contributed by atoms with van der Waals surface area (Å²) in [6, 6.07) is 14.0. The predicted molar refractivity (Wildman–Crippen MR) is 72.3 cm³/mol. The Morgan fingerprint density at radius 3 is 2.47 bits per heavy atom. The number of benzene rings is 2. The molecule has 0 saturated heterocycles. The van der Waals surface area contributed by atoms with Gasteiger partial charge in [0, 0.05) is 17.4 Å². The minimum atomic E-state index is -3.39. The van der Waals surface area contributed by atoms with Crippen molar-refractivity contribution in [2.75, 3.05) is 6.26 Å². The van der Waals surface area contributed by atoms with Gasteiger partial charge in [0.15, 0.2) is 9.84 Å². The lowest BCUT2D eigenvalue weighted by Crippen LogP contribution is -2.13. The van der Waals surface area contributed by atoms with Gasteiger partial charge in [0.2, 0.25) is 5.91 Å². The van der Waals surface area contributed by atoms with Crippen molar-refractivity contribution in [1.82, 2.24) is 0 Å². The zero-order valence-electron chi connectivity index (χ0n) is 10.3. The number of rotatable bonds is 3. The lowest BCUT2D eigenvalue weighted by Gasteiger charge is -2.10. The maximum atomic E-state index is 11.8. The summed E-state index contributed by atoms with van der Waals surface area (Å²) in [5.41, 5.74) is 6.51. The zero-order valence-corrected chi connectivity index (χ0v) is 11.1. The Balaban J connectivity index is 2.78. The lowest BCUT2D eigenvalue weighted by molar-refractivity contribution is 0.100. The van der Waals surface area contributed by atoms with Gasteiger partial charge in [0.1, 0.15) is 0 Å². The summed E-state index contributed by atoms with van der Waals surface area (Å²) in [4.78, 5) is 11.6. The molecule has 0 aromatic heterocycles. The van der Waals surface area contributed by atoms with Crippen LogP contribution in [0.15, 0.2) is 47.4 Å². The van der Waals surface area contributed by atoms with Gasteiger partial charge in [0.25, 0.3) is 0 Å². The van der Waals surface area contributed by atoms with Gasteiger partial charge in [-0.15, -0.1) is 0 Å². The maximum absolute atomic E-state index is 11.8. The molecule has 0 fully saturated rings. The fourth-order valence-electron chi connectivity index (χ4n) is 1.88. The van der Waals surface area contributed by atoms with E-state index < -0.39 is 15.7 Å². The van der Waals surface area contributed by atoms with Gasteiger partial charge in [-0.2, -0.15) is 0 Å². The summed E-state index contributed by atoms with van der Waals surface area (Å²) in [6.07, 6.45) is 1.13. The Morgan fingerprint density at radius 1 is 1.16 bits per heavy atom. The predicted octanol–water partition coefficient (Wildman–Crippen LogP) is 1.66. The van der Waals surface area contributed by atoms with Crippen molar-refractivity contribution < 1.29 is 13.2 Å². The fourth-order valence-corrected chi connectivity index (χ4v) is 2.78. The molecule has 97 valence electrons. The molecule has 0 unspecified atom stereocenters. The molecule has 19 heavy (non-hydrogen) atoms. The van der Waals surface area contributed by atoms with Crippen LogP contribution in [0.5, 0.6) is 0 Å². The van der Waals surface area contributed by atoms with E-state index in [1.165, 1.54) is 12.1 Å². The van der Waals surface area contributed by atoms with Crippen LogP contribution in [-0.4, -0.2) is 20.6 Å². The molecule has 1 amide bonds. The Kier molecular flexibility index (Phi) is 3.40. The van der Waals surface area contributed by atoms with Crippen molar-refractivity contribution in [3.05, 3.63) is 54.1 Å². The van der Waals surface area contributed by atoms with Crippen LogP contribution in [0.2, 0.25) is 0 Å².